The molecule has 2 rings (SSSR count). The fourth-order valence-electron chi connectivity index (χ4n) is 2.08. The lowest BCUT2D eigenvalue weighted by Gasteiger charge is -2.35. The van der Waals surface area contributed by atoms with Crippen molar-refractivity contribution in [3.8, 4) is 0 Å². The summed E-state index contributed by atoms with van der Waals surface area (Å²) in [5, 5.41) is 6.47. The van der Waals surface area contributed by atoms with Crippen molar-refractivity contribution in [2.45, 2.75) is 25.3 Å². The standard InChI is InChI=1S/C13H17IN2O/c1-13(5-7-15-8-6-13)16-12(17)10-3-2-4-11(14)9-10/h2-4,9,15H,5-8H2,1H3,(H,16,17). The zero-order valence-corrected chi connectivity index (χ0v) is 12.1. The van der Waals surface area contributed by atoms with Gasteiger partial charge in [-0.15, -0.1) is 0 Å². The molecule has 1 aliphatic rings. The minimum absolute atomic E-state index is 0.0351. The van der Waals surface area contributed by atoms with Gasteiger partial charge in [0, 0.05) is 14.7 Å². The predicted octanol–water partition coefficient (Wildman–Crippen LogP) is 2.16. The van der Waals surface area contributed by atoms with Gasteiger partial charge in [0.2, 0.25) is 0 Å². The third kappa shape index (κ3) is 3.42. The van der Waals surface area contributed by atoms with Gasteiger partial charge in [-0.05, 0) is 73.6 Å². The number of hydrogen-bond donors (Lipinski definition) is 2. The van der Waals surface area contributed by atoms with E-state index in [-0.39, 0.29) is 11.4 Å². The molecule has 0 unspecified atom stereocenters. The largest absolute Gasteiger partial charge is 0.347 e. The van der Waals surface area contributed by atoms with Gasteiger partial charge in [0.05, 0.1) is 0 Å². The molecule has 1 fully saturated rings. The van der Waals surface area contributed by atoms with Crippen molar-refractivity contribution in [1.29, 1.82) is 0 Å². The molecule has 1 saturated heterocycles. The van der Waals surface area contributed by atoms with Crippen molar-refractivity contribution in [2.24, 2.45) is 0 Å². The molecule has 2 N–H and O–H groups in total. The van der Waals surface area contributed by atoms with E-state index >= 15 is 0 Å². The Morgan fingerprint density at radius 1 is 1.41 bits per heavy atom. The van der Waals surface area contributed by atoms with Gasteiger partial charge in [0.15, 0.2) is 0 Å². The molecule has 1 aromatic carbocycles. The number of hydrogen-bond acceptors (Lipinski definition) is 2. The number of nitrogens with one attached hydrogen (secondary N) is 2. The number of rotatable bonds is 2. The highest BCUT2D eigenvalue weighted by Crippen LogP contribution is 2.18. The van der Waals surface area contributed by atoms with E-state index in [1.165, 1.54) is 0 Å². The zero-order chi connectivity index (χ0) is 12.3. The van der Waals surface area contributed by atoms with E-state index in [1.807, 2.05) is 24.3 Å². The summed E-state index contributed by atoms with van der Waals surface area (Å²) >= 11 is 2.22. The van der Waals surface area contributed by atoms with Crippen molar-refractivity contribution in [2.75, 3.05) is 13.1 Å². The smallest absolute Gasteiger partial charge is 0.251 e. The number of carbonyl (C=O) groups is 1. The van der Waals surface area contributed by atoms with Gasteiger partial charge in [-0.2, -0.15) is 0 Å². The molecule has 0 aromatic heterocycles. The lowest BCUT2D eigenvalue weighted by molar-refractivity contribution is 0.0887. The van der Waals surface area contributed by atoms with Crippen LogP contribution < -0.4 is 10.6 Å². The van der Waals surface area contributed by atoms with Gasteiger partial charge >= 0.3 is 0 Å². The molecule has 0 bridgehead atoms. The van der Waals surface area contributed by atoms with E-state index in [2.05, 4.69) is 40.1 Å². The quantitative estimate of drug-likeness (QED) is 0.808. The molecule has 0 saturated carbocycles. The fraction of sp³-hybridized carbons (Fsp3) is 0.462. The molecule has 3 nitrogen and oxygen atoms in total. The highest BCUT2D eigenvalue weighted by Gasteiger charge is 2.28. The number of halogens is 1. The van der Waals surface area contributed by atoms with Crippen molar-refractivity contribution >= 4 is 28.5 Å². The Kier molecular flexibility index (Phi) is 4.04. The summed E-state index contributed by atoms with van der Waals surface area (Å²) < 4.78 is 1.09. The van der Waals surface area contributed by atoms with Crippen molar-refractivity contribution < 1.29 is 4.79 Å². The highest BCUT2D eigenvalue weighted by atomic mass is 127. The Morgan fingerprint density at radius 3 is 2.76 bits per heavy atom. The highest BCUT2D eigenvalue weighted by molar-refractivity contribution is 14.1. The molecule has 0 atom stereocenters. The average Bonchev–Trinajstić information content (AvgIpc) is 2.29. The SMILES string of the molecule is CC1(NC(=O)c2cccc(I)c2)CCNCC1. The van der Waals surface area contributed by atoms with Gasteiger partial charge < -0.3 is 10.6 Å². The van der Waals surface area contributed by atoms with Crippen LogP contribution in [0.2, 0.25) is 0 Å². The van der Waals surface area contributed by atoms with Crippen LogP contribution in [0.15, 0.2) is 24.3 Å². The van der Waals surface area contributed by atoms with E-state index in [9.17, 15) is 4.79 Å². The third-order valence-corrected chi connectivity index (χ3v) is 3.88. The first-order valence-corrected chi connectivity index (χ1v) is 6.96. The third-order valence-electron chi connectivity index (χ3n) is 3.21. The molecule has 17 heavy (non-hydrogen) atoms. The zero-order valence-electron chi connectivity index (χ0n) is 9.92. The average molecular weight is 344 g/mol. The summed E-state index contributed by atoms with van der Waals surface area (Å²) in [5.74, 6) is 0.0351. The minimum atomic E-state index is -0.0659. The predicted molar refractivity (Wildman–Crippen MR) is 77.1 cm³/mol. The molecular weight excluding hydrogens is 327 g/mol. The van der Waals surface area contributed by atoms with Crippen LogP contribution in [0.4, 0.5) is 0 Å². The lowest BCUT2D eigenvalue weighted by atomic mass is 9.90. The second-order valence-electron chi connectivity index (χ2n) is 4.78. The second kappa shape index (κ2) is 5.35. The maximum absolute atomic E-state index is 12.1. The number of piperidine rings is 1. The van der Waals surface area contributed by atoms with E-state index < -0.39 is 0 Å². The summed E-state index contributed by atoms with van der Waals surface area (Å²) in [6.45, 7) is 4.08. The van der Waals surface area contributed by atoms with Gasteiger partial charge in [0.25, 0.3) is 5.91 Å². The number of amides is 1. The fourth-order valence-corrected chi connectivity index (χ4v) is 2.62. The molecule has 0 aliphatic carbocycles. The molecule has 4 heteroatoms. The van der Waals surface area contributed by atoms with Gasteiger partial charge in [-0.25, -0.2) is 0 Å². The maximum Gasteiger partial charge on any atom is 0.251 e. The first-order chi connectivity index (χ1) is 8.09. The van der Waals surface area contributed by atoms with E-state index in [4.69, 9.17) is 0 Å². The molecule has 1 aliphatic heterocycles. The Labute approximate surface area is 116 Å². The van der Waals surface area contributed by atoms with E-state index in [0.29, 0.717) is 0 Å². The topological polar surface area (TPSA) is 41.1 Å². The van der Waals surface area contributed by atoms with E-state index in [1.54, 1.807) is 0 Å². The van der Waals surface area contributed by atoms with Crippen molar-refractivity contribution in [3.63, 3.8) is 0 Å². The maximum atomic E-state index is 12.1. The molecule has 1 aromatic rings. The molecule has 1 heterocycles. The van der Waals surface area contributed by atoms with Crippen LogP contribution >= 0.6 is 22.6 Å². The minimum Gasteiger partial charge on any atom is -0.347 e. The van der Waals surface area contributed by atoms with Crippen molar-refractivity contribution in [3.05, 3.63) is 33.4 Å². The first-order valence-electron chi connectivity index (χ1n) is 5.88. The molecular formula is C13H17IN2O. The summed E-state index contributed by atoms with van der Waals surface area (Å²) in [7, 11) is 0. The molecule has 0 spiro atoms. The van der Waals surface area contributed by atoms with Crippen molar-refractivity contribution in [1.82, 2.24) is 10.6 Å². The monoisotopic (exact) mass is 344 g/mol. The van der Waals surface area contributed by atoms with Gasteiger partial charge in [-0.1, -0.05) is 6.07 Å². The van der Waals surface area contributed by atoms with Crippen LogP contribution in [0.1, 0.15) is 30.1 Å². The Hall–Kier alpha value is -0.620. The summed E-state index contributed by atoms with van der Waals surface area (Å²) in [5.41, 5.74) is 0.681. The summed E-state index contributed by atoms with van der Waals surface area (Å²) in [4.78, 5) is 12.1. The van der Waals surface area contributed by atoms with Crippen LogP contribution in [-0.4, -0.2) is 24.5 Å². The van der Waals surface area contributed by atoms with Crippen LogP contribution in [-0.2, 0) is 0 Å². The van der Waals surface area contributed by atoms with Crippen LogP contribution in [0, 0.1) is 3.57 Å². The summed E-state index contributed by atoms with van der Waals surface area (Å²) in [6.07, 6.45) is 1.98. The normalized spacial score (nSPS) is 18.7. The van der Waals surface area contributed by atoms with Gasteiger partial charge in [0.1, 0.15) is 0 Å². The number of carbonyl (C=O) groups excluding carboxylic acids is 1. The summed E-state index contributed by atoms with van der Waals surface area (Å²) in [6, 6.07) is 7.69. The Balaban J connectivity index is 2.06. The van der Waals surface area contributed by atoms with Crippen LogP contribution in [0.25, 0.3) is 0 Å². The Morgan fingerprint density at radius 2 is 2.12 bits per heavy atom. The Bertz CT molecular complexity index is 414. The first kappa shape index (κ1) is 12.8. The van der Waals surface area contributed by atoms with E-state index in [0.717, 1.165) is 35.1 Å². The second-order valence-corrected chi connectivity index (χ2v) is 6.02. The molecule has 0 radical (unpaired) electrons. The number of benzene rings is 1. The molecule has 1 amide bonds. The lowest BCUT2D eigenvalue weighted by Crippen LogP contribution is -2.52. The van der Waals surface area contributed by atoms with Crippen LogP contribution in [0.5, 0.6) is 0 Å². The molecule has 92 valence electrons. The van der Waals surface area contributed by atoms with Crippen LogP contribution in [0.3, 0.4) is 0 Å². The van der Waals surface area contributed by atoms with Gasteiger partial charge in [-0.3, -0.25) is 4.79 Å².